The number of nitrogens with zero attached hydrogens (tertiary/aromatic N) is 1. The van der Waals surface area contributed by atoms with Crippen molar-refractivity contribution in [2.24, 2.45) is 5.92 Å². The minimum atomic E-state index is 0.109. The molecule has 96 valence electrons. The van der Waals surface area contributed by atoms with E-state index in [0.717, 1.165) is 18.0 Å². The Morgan fingerprint density at radius 3 is 2.58 bits per heavy atom. The molecular weight excluding hydrogens is 234 g/mol. The smallest absolute Gasteiger partial charge is 0.0682 e. The van der Waals surface area contributed by atoms with E-state index in [0.29, 0.717) is 0 Å². The van der Waals surface area contributed by atoms with Gasteiger partial charge in [-0.1, -0.05) is 24.3 Å². The first kappa shape index (κ1) is 11.1. The van der Waals surface area contributed by atoms with Crippen LogP contribution in [0, 0.1) is 5.92 Å². The van der Waals surface area contributed by atoms with Gasteiger partial charge < -0.3 is 9.67 Å². The molecule has 19 heavy (non-hydrogen) atoms. The highest BCUT2D eigenvalue weighted by atomic mass is 16.3. The highest BCUT2D eigenvalue weighted by molar-refractivity contribution is 6.08. The topological polar surface area (TPSA) is 25.2 Å². The normalized spacial score (nSPS) is 15.4. The molecule has 0 bridgehead atoms. The SMILES string of the molecule is OCc1ccc2c(c1)c1ccccc1n2CC1CC1. The van der Waals surface area contributed by atoms with Crippen molar-refractivity contribution in [3.63, 3.8) is 0 Å². The molecule has 0 aliphatic heterocycles. The first-order chi connectivity index (χ1) is 9.36. The van der Waals surface area contributed by atoms with E-state index in [1.165, 1.54) is 34.6 Å². The minimum absolute atomic E-state index is 0.109. The van der Waals surface area contributed by atoms with Gasteiger partial charge in [-0.2, -0.15) is 0 Å². The Balaban J connectivity index is 2.04. The number of aliphatic hydroxyl groups excluding tert-OH is 1. The van der Waals surface area contributed by atoms with Gasteiger partial charge in [0, 0.05) is 28.4 Å². The third-order valence-electron chi connectivity index (χ3n) is 4.16. The lowest BCUT2D eigenvalue weighted by Crippen LogP contribution is -1.98. The minimum Gasteiger partial charge on any atom is -0.392 e. The summed E-state index contributed by atoms with van der Waals surface area (Å²) in [6.07, 6.45) is 2.73. The summed E-state index contributed by atoms with van der Waals surface area (Å²) >= 11 is 0. The van der Waals surface area contributed by atoms with Crippen molar-refractivity contribution in [1.82, 2.24) is 4.57 Å². The van der Waals surface area contributed by atoms with Crippen molar-refractivity contribution in [3.05, 3.63) is 48.0 Å². The fourth-order valence-electron chi connectivity index (χ4n) is 2.95. The summed E-state index contributed by atoms with van der Waals surface area (Å²) in [5, 5.41) is 11.9. The zero-order chi connectivity index (χ0) is 12.8. The van der Waals surface area contributed by atoms with Crippen LogP contribution in [0.25, 0.3) is 21.8 Å². The molecule has 0 saturated heterocycles. The monoisotopic (exact) mass is 251 g/mol. The lowest BCUT2D eigenvalue weighted by atomic mass is 10.1. The Morgan fingerprint density at radius 1 is 1.00 bits per heavy atom. The molecule has 1 saturated carbocycles. The molecule has 0 atom stereocenters. The standard InChI is InChI=1S/C17H17NO/c19-11-13-7-8-17-15(9-13)14-3-1-2-4-16(14)18(17)10-12-5-6-12/h1-4,7-9,12,19H,5-6,10-11H2. The van der Waals surface area contributed by atoms with Gasteiger partial charge in [0.2, 0.25) is 0 Å². The number of benzene rings is 2. The molecule has 2 nitrogen and oxygen atoms in total. The maximum absolute atomic E-state index is 9.32. The van der Waals surface area contributed by atoms with Gasteiger partial charge >= 0.3 is 0 Å². The lowest BCUT2D eigenvalue weighted by molar-refractivity contribution is 0.282. The second kappa shape index (κ2) is 4.10. The molecule has 2 aromatic carbocycles. The van der Waals surface area contributed by atoms with E-state index < -0.39 is 0 Å². The highest BCUT2D eigenvalue weighted by Gasteiger charge is 2.23. The summed E-state index contributed by atoms with van der Waals surface area (Å²) in [5.74, 6) is 0.858. The molecule has 1 fully saturated rings. The number of para-hydroxylation sites is 1. The molecule has 0 spiro atoms. The van der Waals surface area contributed by atoms with Crippen LogP contribution in [0.15, 0.2) is 42.5 Å². The van der Waals surface area contributed by atoms with Crippen LogP contribution in [0.4, 0.5) is 0 Å². The van der Waals surface area contributed by atoms with Gasteiger partial charge in [-0.3, -0.25) is 0 Å². The summed E-state index contributed by atoms with van der Waals surface area (Å²) in [7, 11) is 0. The molecule has 0 unspecified atom stereocenters. The molecular formula is C17H17NO. The Morgan fingerprint density at radius 2 is 1.79 bits per heavy atom. The second-order valence-electron chi connectivity index (χ2n) is 5.58. The van der Waals surface area contributed by atoms with Crippen LogP contribution in [0.3, 0.4) is 0 Å². The lowest BCUT2D eigenvalue weighted by Gasteiger charge is -2.06. The van der Waals surface area contributed by atoms with Crippen LogP contribution in [0.1, 0.15) is 18.4 Å². The molecule has 3 aromatic rings. The molecule has 2 heteroatoms. The van der Waals surface area contributed by atoms with Crippen molar-refractivity contribution in [3.8, 4) is 0 Å². The van der Waals surface area contributed by atoms with Crippen LogP contribution in [-0.2, 0) is 13.2 Å². The van der Waals surface area contributed by atoms with Crippen LogP contribution >= 0.6 is 0 Å². The molecule has 4 rings (SSSR count). The van der Waals surface area contributed by atoms with Crippen molar-refractivity contribution < 1.29 is 5.11 Å². The van der Waals surface area contributed by atoms with Gasteiger partial charge in [0.25, 0.3) is 0 Å². The number of aromatic nitrogens is 1. The summed E-state index contributed by atoms with van der Waals surface area (Å²) < 4.78 is 2.45. The molecule has 0 radical (unpaired) electrons. The van der Waals surface area contributed by atoms with E-state index >= 15 is 0 Å². The molecule has 1 aliphatic rings. The largest absolute Gasteiger partial charge is 0.392 e. The van der Waals surface area contributed by atoms with Crippen LogP contribution in [0.2, 0.25) is 0 Å². The quantitative estimate of drug-likeness (QED) is 0.754. The van der Waals surface area contributed by atoms with Crippen molar-refractivity contribution in [2.45, 2.75) is 26.0 Å². The summed E-state index contributed by atoms with van der Waals surface area (Å²) in [6, 6.07) is 14.9. The van der Waals surface area contributed by atoms with E-state index in [1.807, 2.05) is 6.07 Å². The summed E-state index contributed by atoms with van der Waals surface area (Å²) in [6.45, 7) is 1.24. The number of rotatable bonds is 3. The van der Waals surface area contributed by atoms with Crippen LogP contribution < -0.4 is 0 Å². The zero-order valence-corrected chi connectivity index (χ0v) is 10.8. The molecule has 1 aliphatic carbocycles. The fourth-order valence-corrected chi connectivity index (χ4v) is 2.95. The third-order valence-corrected chi connectivity index (χ3v) is 4.16. The Kier molecular flexibility index (Phi) is 2.39. The summed E-state index contributed by atoms with van der Waals surface area (Å²) in [4.78, 5) is 0. The molecule has 1 N–H and O–H groups in total. The predicted molar refractivity (Wildman–Crippen MR) is 78.1 cm³/mol. The number of hydrogen-bond donors (Lipinski definition) is 1. The maximum Gasteiger partial charge on any atom is 0.0682 e. The van der Waals surface area contributed by atoms with E-state index in [2.05, 4.69) is 41.0 Å². The first-order valence-electron chi connectivity index (χ1n) is 6.97. The average Bonchev–Trinajstić information content (AvgIpc) is 3.23. The van der Waals surface area contributed by atoms with E-state index in [9.17, 15) is 5.11 Å². The zero-order valence-electron chi connectivity index (χ0n) is 10.8. The predicted octanol–water partition coefficient (Wildman–Crippen LogP) is 3.70. The van der Waals surface area contributed by atoms with E-state index in [4.69, 9.17) is 0 Å². The van der Waals surface area contributed by atoms with Gasteiger partial charge in [-0.05, 0) is 42.5 Å². The van der Waals surface area contributed by atoms with Gasteiger partial charge in [0.15, 0.2) is 0 Å². The van der Waals surface area contributed by atoms with Crippen molar-refractivity contribution in [2.75, 3.05) is 0 Å². The number of aliphatic hydroxyl groups is 1. The Hall–Kier alpha value is -1.80. The van der Waals surface area contributed by atoms with E-state index in [1.54, 1.807) is 0 Å². The van der Waals surface area contributed by atoms with Gasteiger partial charge in [0.05, 0.1) is 6.61 Å². The van der Waals surface area contributed by atoms with Gasteiger partial charge in [-0.25, -0.2) is 0 Å². The Bertz CT molecular complexity index is 752. The third kappa shape index (κ3) is 1.75. The molecule has 1 heterocycles. The van der Waals surface area contributed by atoms with Gasteiger partial charge in [-0.15, -0.1) is 0 Å². The Labute approximate surface area is 112 Å². The average molecular weight is 251 g/mol. The van der Waals surface area contributed by atoms with Crippen LogP contribution in [0.5, 0.6) is 0 Å². The number of fused-ring (bicyclic) bond motifs is 3. The van der Waals surface area contributed by atoms with Gasteiger partial charge in [0.1, 0.15) is 0 Å². The highest BCUT2D eigenvalue weighted by Crippen LogP contribution is 2.36. The summed E-state index contributed by atoms with van der Waals surface area (Å²) in [5.41, 5.74) is 3.60. The van der Waals surface area contributed by atoms with Crippen molar-refractivity contribution in [1.29, 1.82) is 0 Å². The second-order valence-corrected chi connectivity index (χ2v) is 5.58. The van der Waals surface area contributed by atoms with Crippen molar-refractivity contribution >= 4 is 21.8 Å². The number of hydrogen-bond acceptors (Lipinski definition) is 1. The molecule has 1 aromatic heterocycles. The molecule has 0 amide bonds. The fraction of sp³-hybridized carbons (Fsp3) is 0.294. The van der Waals surface area contributed by atoms with E-state index in [-0.39, 0.29) is 6.61 Å². The van der Waals surface area contributed by atoms with Crippen LogP contribution in [-0.4, -0.2) is 9.67 Å². The first-order valence-corrected chi connectivity index (χ1v) is 6.97. The maximum atomic E-state index is 9.32.